The predicted octanol–water partition coefficient (Wildman–Crippen LogP) is 3.66. The first-order chi connectivity index (χ1) is 12.7. The fourth-order valence-electron chi connectivity index (χ4n) is 2.78. The molecule has 0 unspecified atom stereocenters. The van der Waals surface area contributed by atoms with Crippen molar-refractivity contribution in [3.63, 3.8) is 0 Å². The second kappa shape index (κ2) is 6.75. The van der Waals surface area contributed by atoms with Gasteiger partial charge in [-0.25, -0.2) is 4.79 Å². The Kier molecular flexibility index (Phi) is 4.61. The van der Waals surface area contributed by atoms with E-state index in [1.807, 2.05) is 6.92 Å². The minimum atomic E-state index is -0.640. The number of carbonyl (C=O) groups excluding carboxylic acids is 2. The number of para-hydroxylation sites is 1. The van der Waals surface area contributed by atoms with Gasteiger partial charge in [-0.1, -0.05) is 12.1 Å². The van der Waals surface area contributed by atoms with Gasteiger partial charge < -0.3 is 15.8 Å². The quantitative estimate of drug-likeness (QED) is 0.484. The van der Waals surface area contributed by atoms with Crippen LogP contribution in [0, 0.1) is 6.92 Å². The van der Waals surface area contributed by atoms with E-state index in [0.29, 0.717) is 33.4 Å². The van der Waals surface area contributed by atoms with Crippen molar-refractivity contribution >= 4 is 34.2 Å². The summed E-state index contributed by atoms with van der Waals surface area (Å²) < 4.78 is 5.51. The molecule has 0 fully saturated rings. The molecule has 0 atom stereocenters. The molecular weight excluding hydrogens is 344 g/mol. The van der Waals surface area contributed by atoms with Crippen molar-refractivity contribution in [1.29, 1.82) is 0 Å². The maximum atomic E-state index is 12.7. The molecule has 0 aliphatic rings. The highest BCUT2D eigenvalue weighted by molar-refractivity contribution is 6.11. The number of nitrogens with one attached hydrogen (secondary N) is 2. The number of hydrogen-bond acceptors (Lipinski definition) is 5. The van der Waals surface area contributed by atoms with Crippen LogP contribution in [0.2, 0.25) is 0 Å². The fourth-order valence-corrected chi connectivity index (χ4v) is 2.78. The van der Waals surface area contributed by atoms with E-state index in [9.17, 15) is 9.59 Å². The van der Waals surface area contributed by atoms with E-state index in [0.717, 1.165) is 5.69 Å². The number of ether oxygens (including phenoxy) is 1. The molecule has 0 saturated carbocycles. The number of aromatic amines is 1. The van der Waals surface area contributed by atoms with Crippen LogP contribution in [0.25, 0.3) is 10.9 Å². The topological polar surface area (TPSA) is 110 Å². The van der Waals surface area contributed by atoms with Crippen molar-refractivity contribution in [3.8, 4) is 0 Å². The summed E-state index contributed by atoms with van der Waals surface area (Å²) >= 11 is 0. The number of nitrogens with two attached hydrogens (primary N) is 1. The molecule has 0 aliphatic carbocycles. The summed E-state index contributed by atoms with van der Waals surface area (Å²) in [4.78, 5) is 25.2. The molecule has 0 saturated heterocycles. The van der Waals surface area contributed by atoms with E-state index in [1.165, 1.54) is 0 Å². The summed E-state index contributed by atoms with van der Waals surface area (Å²) in [6.07, 6.45) is 0. The number of H-pyrrole nitrogens is 1. The van der Waals surface area contributed by atoms with E-state index in [1.54, 1.807) is 57.2 Å². The fraction of sp³-hybridized carbons (Fsp3) is 0.250. The molecule has 1 aromatic heterocycles. The zero-order valence-electron chi connectivity index (χ0n) is 15.7. The van der Waals surface area contributed by atoms with Crippen molar-refractivity contribution in [3.05, 3.63) is 53.2 Å². The smallest absolute Gasteiger partial charge is 0.339 e. The van der Waals surface area contributed by atoms with E-state index in [4.69, 9.17) is 10.5 Å². The van der Waals surface area contributed by atoms with E-state index in [-0.39, 0.29) is 5.91 Å². The Morgan fingerprint density at radius 3 is 2.52 bits per heavy atom. The third kappa shape index (κ3) is 3.92. The summed E-state index contributed by atoms with van der Waals surface area (Å²) in [5.74, 6) is -0.845. The Balaban J connectivity index is 2.01. The van der Waals surface area contributed by atoms with Gasteiger partial charge in [-0.2, -0.15) is 5.10 Å². The van der Waals surface area contributed by atoms with E-state index < -0.39 is 11.6 Å². The lowest BCUT2D eigenvalue weighted by Gasteiger charge is -2.20. The van der Waals surface area contributed by atoms with Crippen LogP contribution < -0.4 is 11.1 Å². The van der Waals surface area contributed by atoms with Gasteiger partial charge in [-0.3, -0.25) is 9.89 Å². The number of anilines is 2. The van der Waals surface area contributed by atoms with Crippen LogP contribution in [-0.4, -0.2) is 27.7 Å². The third-order valence-electron chi connectivity index (χ3n) is 3.92. The molecule has 1 amide bonds. The van der Waals surface area contributed by atoms with Crippen LogP contribution in [0.3, 0.4) is 0 Å². The molecule has 3 rings (SSSR count). The Morgan fingerprint density at radius 1 is 1.15 bits per heavy atom. The van der Waals surface area contributed by atoms with Crippen LogP contribution in [0.15, 0.2) is 36.4 Å². The van der Waals surface area contributed by atoms with Gasteiger partial charge in [0.25, 0.3) is 5.91 Å². The van der Waals surface area contributed by atoms with Crippen LogP contribution in [-0.2, 0) is 4.74 Å². The third-order valence-corrected chi connectivity index (χ3v) is 3.92. The molecule has 140 valence electrons. The number of aromatic nitrogens is 2. The number of hydrogen-bond donors (Lipinski definition) is 3. The Morgan fingerprint density at radius 2 is 1.85 bits per heavy atom. The molecule has 3 aromatic rings. The van der Waals surface area contributed by atoms with Crippen molar-refractivity contribution in [1.82, 2.24) is 10.2 Å². The average molecular weight is 366 g/mol. The number of carbonyl (C=O) groups is 2. The largest absolute Gasteiger partial charge is 0.456 e. The summed E-state index contributed by atoms with van der Waals surface area (Å²) in [6, 6.07) is 10.1. The molecule has 4 N–H and O–H groups in total. The van der Waals surface area contributed by atoms with Gasteiger partial charge in [-0.15, -0.1) is 0 Å². The number of amides is 1. The lowest BCUT2D eigenvalue weighted by Crippen LogP contribution is -2.24. The Bertz CT molecular complexity index is 1030. The number of nitrogen functional groups attached to an aromatic ring is 1. The first kappa shape index (κ1) is 18.4. The maximum Gasteiger partial charge on any atom is 0.339 e. The highest BCUT2D eigenvalue weighted by Gasteiger charge is 2.23. The van der Waals surface area contributed by atoms with Gasteiger partial charge in [0, 0.05) is 22.5 Å². The van der Waals surface area contributed by atoms with Crippen LogP contribution >= 0.6 is 0 Å². The summed E-state index contributed by atoms with van der Waals surface area (Å²) in [7, 11) is 0. The van der Waals surface area contributed by atoms with Gasteiger partial charge in [0.1, 0.15) is 5.60 Å². The molecule has 27 heavy (non-hydrogen) atoms. The summed E-state index contributed by atoms with van der Waals surface area (Å²) in [5, 5.41) is 10.5. The van der Waals surface area contributed by atoms with Crippen molar-refractivity contribution < 1.29 is 14.3 Å². The van der Waals surface area contributed by atoms with Gasteiger partial charge >= 0.3 is 5.97 Å². The van der Waals surface area contributed by atoms with Gasteiger partial charge in [0.2, 0.25) is 0 Å². The minimum absolute atomic E-state index is 0.338. The second-order valence-corrected chi connectivity index (χ2v) is 7.31. The molecule has 0 aliphatic heterocycles. The SMILES string of the molecule is Cc1[nH]nc2cc(NC(=O)c3ccccc3N)cc(C(=O)OC(C)(C)C)c12. The molecule has 7 heteroatoms. The van der Waals surface area contributed by atoms with E-state index >= 15 is 0 Å². The highest BCUT2D eigenvalue weighted by atomic mass is 16.6. The molecule has 0 spiro atoms. The minimum Gasteiger partial charge on any atom is -0.456 e. The highest BCUT2D eigenvalue weighted by Crippen LogP contribution is 2.27. The van der Waals surface area contributed by atoms with Crippen molar-refractivity contribution in [2.24, 2.45) is 0 Å². The van der Waals surface area contributed by atoms with Gasteiger partial charge in [-0.05, 0) is 52.0 Å². The normalized spacial score (nSPS) is 11.4. The van der Waals surface area contributed by atoms with Crippen LogP contribution in [0.5, 0.6) is 0 Å². The van der Waals surface area contributed by atoms with Gasteiger partial charge in [0.05, 0.1) is 16.6 Å². The maximum absolute atomic E-state index is 12.7. The second-order valence-electron chi connectivity index (χ2n) is 7.31. The number of fused-ring (bicyclic) bond motifs is 1. The number of nitrogens with zero attached hydrogens (tertiary/aromatic N) is 1. The van der Waals surface area contributed by atoms with Crippen LogP contribution in [0.4, 0.5) is 11.4 Å². The number of aryl methyl sites for hydroxylation is 1. The zero-order valence-corrected chi connectivity index (χ0v) is 15.7. The lowest BCUT2D eigenvalue weighted by atomic mass is 10.1. The first-order valence-electron chi connectivity index (χ1n) is 8.53. The number of benzene rings is 2. The predicted molar refractivity (Wildman–Crippen MR) is 105 cm³/mol. The van der Waals surface area contributed by atoms with Crippen molar-refractivity contribution in [2.45, 2.75) is 33.3 Å². The summed E-state index contributed by atoms with van der Waals surface area (Å²) in [6.45, 7) is 7.22. The molecule has 0 radical (unpaired) electrons. The molecule has 7 nitrogen and oxygen atoms in total. The average Bonchev–Trinajstić information content (AvgIpc) is 2.94. The standard InChI is InChI=1S/C20H22N4O3/c1-11-17-14(19(26)27-20(2,3)4)9-12(10-16(17)24-23-11)22-18(25)13-7-5-6-8-15(13)21/h5-10H,21H2,1-4H3,(H,22,25)(H,23,24). The first-order valence-corrected chi connectivity index (χ1v) is 8.53. The molecule has 1 heterocycles. The molecule has 2 aromatic carbocycles. The monoisotopic (exact) mass is 366 g/mol. The molecular formula is C20H22N4O3. The summed E-state index contributed by atoms with van der Waals surface area (Å²) in [5.41, 5.74) is 8.03. The number of rotatable bonds is 3. The lowest BCUT2D eigenvalue weighted by molar-refractivity contribution is 0.00716. The van der Waals surface area contributed by atoms with E-state index in [2.05, 4.69) is 15.5 Å². The number of esters is 1. The zero-order chi connectivity index (χ0) is 19.8. The Hall–Kier alpha value is -3.35. The van der Waals surface area contributed by atoms with Crippen LogP contribution in [0.1, 0.15) is 47.2 Å². The van der Waals surface area contributed by atoms with Gasteiger partial charge in [0.15, 0.2) is 0 Å². The van der Waals surface area contributed by atoms with Crippen molar-refractivity contribution in [2.75, 3.05) is 11.1 Å². The Labute approximate surface area is 156 Å². The molecule has 0 bridgehead atoms.